The summed E-state index contributed by atoms with van der Waals surface area (Å²) in [5, 5.41) is 2.90. The maximum absolute atomic E-state index is 12.2. The van der Waals surface area contributed by atoms with Crippen LogP contribution in [0.25, 0.3) is 0 Å². The van der Waals surface area contributed by atoms with Gasteiger partial charge >= 0.3 is 0 Å². The minimum atomic E-state index is -0.0116. The molecule has 6 nitrogen and oxygen atoms in total. The van der Waals surface area contributed by atoms with E-state index in [2.05, 4.69) is 10.2 Å². The number of nitrogens with zero attached hydrogens (tertiary/aromatic N) is 2. The third kappa shape index (κ3) is 2.60. The number of ether oxygens (including phenoxy) is 1. The van der Waals surface area contributed by atoms with E-state index in [-0.39, 0.29) is 23.8 Å². The number of carbonyl (C=O) groups is 2. The van der Waals surface area contributed by atoms with Gasteiger partial charge < -0.3 is 15.0 Å². The lowest BCUT2D eigenvalue weighted by Crippen LogP contribution is -2.62. The Labute approximate surface area is 113 Å². The lowest BCUT2D eigenvalue weighted by Gasteiger charge is -2.45. The second kappa shape index (κ2) is 5.46. The Morgan fingerprint density at radius 1 is 1.26 bits per heavy atom. The first-order chi connectivity index (χ1) is 9.25. The van der Waals surface area contributed by atoms with E-state index < -0.39 is 0 Å². The maximum atomic E-state index is 12.2. The quantitative estimate of drug-likeness (QED) is 0.701. The summed E-state index contributed by atoms with van der Waals surface area (Å²) >= 11 is 0. The first-order valence-corrected chi connectivity index (χ1v) is 7.14. The fourth-order valence-corrected chi connectivity index (χ4v) is 3.07. The van der Waals surface area contributed by atoms with Gasteiger partial charge in [0.25, 0.3) is 0 Å². The van der Waals surface area contributed by atoms with Crippen LogP contribution in [-0.2, 0) is 14.3 Å². The molecule has 0 aliphatic carbocycles. The number of carbonyl (C=O) groups excluding carboxylic acids is 2. The number of likely N-dealkylation sites (tertiary alicyclic amines) is 1. The third-order valence-corrected chi connectivity index (χ3v) is 4.28. The number of amides is 2. The van der Waals surface area contributed by atoms with E-state index in [1.165, 1.54) is 0 Å². The standard InChI is InChI=1S/C13H21N3O3/c17-12-11(2-1-3-14-12)16-8-10(9-16)13(18)15-4-6-19-7-5-15/h10-11H,1-9H2,(H,14,17). The van der Waals surface area contributed by atoms with Crippen molar-refractivity contribution >= 4 is 11.8 Å². The first kappa shape index (κ1) is 12.9. The van der Waals surface area contributed by atoms with Crippen LogP contribution < -0.4 is 5.32 Å². The van der Waals surface area contributed by atoms with Crippen molar-refractivity contribution < 1.29 is 14.3 Å². The predicted octanol–water partition coefficient (Wildman–Crippen LogP) is -0.944. The van der Waals surface area contributed by atoms with Crippen molar-refractivity contribution in [2.75, 3.05) is 45.9 Å². The van der Waals surface area contributed by atoms with Crippen molar-refractivity contribution in [1.82, 2.24) is 15.1 Å². The van der Waals surface area contributed by atoms with Crippen LogP contribution in [0.1, 0.15) is 12.8 Å². The van der Waals surface area contributed by atoms with E-state index in [1.807, 2.05) is 4.90 Å². The van der Waals surface area contributed by atoms with Gasteiger partial charge in [0, 0.05) is 32.7 Å². The van der Waals surface area contributed by atoms with Crippen molar-refractivity contribution in [3.8, 4) is 0 Å². The molecule has 19 heavy (non-hydrogen) atoms. The zero-order valence-corrected chi connectivity index (χ0v) is 11.1. The lowest BCUT2D eigenvalue weighted by molar-refractivity contribution is -0.149. The molecular formula is C13H21N3O3. The molecular weight excluding hydrogens is 246 g/mol. The molecule has 2 amide bonds. The molecule has 3 rings (SSSR count). The number of rotatable bonds is 2. The molecule has 0 aromatic carbocycles. The molecule has 1 N–H and O–H groups in total. The molecule has 0 radical (unpaired) electrons. The monoisotopic (exact) mass is 267 g/mol. The average Bonchev–Trinajstić information content (AvgIpc) is 2.40. The molecule has 0 spiro atoms. The van der Waals surface area contributed by atoms with Gasteiger partial charge in [-0.2, -0.15) is 0 Å². The van der Waals surface area contributed by atoms with Gasteiger partial charge in [-0.25, -0.2) is 0 Å². The Morgan fingerprint density at radius 2 is 2.00 bits per heavy atom. The third-order valence-electron chi connectivity index (χ3n) is 4.28. The molecule has 1 unspecified atom stereocenters. The van der Waals surface area contributed by atoms with Crippen molar-refractivity contribution in [2.24, 2.45) is 5.92 Å². The van der Waals surface area contributed by atoms with Crippen molar-refractivity contribution in [2.45, 2.75) is 18.9 Å². The second-order valence-electron chi connectivity index (χ2n) is 5.54. The highest BCUT2D eigenvalue weighted by Gasteiger charge is 2.41. The normalized spacial score (nSPS) is 29.8. The molecule has 3 aliphatic heterocycles. The minimum absolute atomic E-state index is 0.0116. The molecule has 0 aromatic rings. The Hall–Kier alpha value is -1.14. The van der Waals surface area contributed by atoms with Crippen molar-refractivity contribution in [3.05, 3.63) is 0 Å². The van der Waals surface area contributed by atoms with Crippen LogP contribution in [0.4, 0.5) is 0 Å². The molecule has 0 aromatic heterocycles. The van der Waals surface area contributed by atoms with E-state index >= 15 is 0 Å². The molecule has 3 saturated heterocycles. The number of hydrogen-bond donors (Lipinski definition) is 1. The zero-order chi connectivity index (χ0) is 13.2. The first-order valence-electron chi connectivity index (χ1n) is 7.14. The van der Waals surface area contributed by atoms with Gasteiger partial charge in [-0.3, -0.25) is 14.5 Å². The predicted molar refractivity (Wildman–Crippen MR) is 68.5 cm³/mol. The smallest absolute Gasteiger partial charge is 0.237 e. The number of nitrogens with one attached hydrogen (secondary N) is 1. The van der Waals surface area contributed by atoms with E-state index in [0.29, 0.717) is 26.3 Å². The Morgan fingerprint density at radius 3 is 2.68 bits per heavy atom. The largest absolute Gasteiger partial charge is 0.378 e. The van der Waals surface area contributed by atoms with Gasteiger partial charge in [0.15, 0.2) is 0 Å². The van der Waals surface area contributed by atoms with Gasteiger partial charge in [-0.05, 0) is 12.8 Å². The number of piperidine rings is 1. The summed E-state index contributed by atoms with van der Waals surface area (Å²) in [5.74, 6) is 0.437. The Bertz CT molecular complexity index is 362. The highest BCUT2D eigenvalue weighted by atomic mass is 16.5. The van der Waals surface area contributed by atoms with Gasteiger partial charge in [-0.1, -0.05) is 0 Å². The summed E-state index contributed by atoms with van der Waals surface area (Å²) in [6.07, 6.45) is 1.96. The van der Waals surface area contributed by atoms with E-state index in [1.54, 1.807) is 0 Å². The molecule has 106 valence electrons. The molecule has 3 aliphatic rings. The van der Waals surface area contributed by atoms with Crippen LogP contribution in [0.2, 0.25) is 0 Å². The summed E-state index contributed by atoms with van der Waals surface area (Å²) in [6, 6.07) is -0.0116. The fourth-order valence-electron chi connectivity index (χ4n) is 3.07. The Balaban J connectivity index is 1.49. The van der Waals surface area contributed by atoms with Gasteiger partial charge in [-0.15, -0.1) is 0 Å². The minimum Gasteiger partial charge on any atom is -0.378 e. The molecule has 0 saturated carbocycles. The fraction of sp³-hybridized carbons (Fsp3) is 0.846. The summed E-state index contributed by atoms with van der Waals surface area (Å²) < 4.78 is 5.25. The van der Waals surface area contributed by atoms with E-state index in [0.717, 1.165) is 32.5 Å². The molecule has 6 heteroatoms. The van der Waals surface area contributed by atoms with Gasteiger partial charge in [0.1, 0.15) is 0 Å². The van der Waals surface area contributed by atoms with Crippen LogP contribution in [-0.4, -0.2) is 73.6 Å². The van der Waals surface area contributed by atoms with Crippen LogP contribution in [0.5, 0.6) is 0 Å². The number of hydrogen-bond acceptors (Lipinski definition) is 4. The topological polar surface area (TPSA) is 61.9 Å². The Kier molecular flexibility index (Phi) is 3.70. The van der Waals surface area contributed by atoms with Crippen LogP contribution >= 0.6 is 0 Å². The summed E-state index contributed by atoms with van der Waals surface area (Å²) in [7, 11) is 0. The van der Waals surface area contributed by atoms with Gasteiger partial charge in [0.05, 0.1) is 25.2 Å². The van der Waals surface area contributed by atoms with Crippen LogP contribution in [0, 0.1) is 5.92 Å². The highest BCUT2D eigenvalue weighted by molar-refractivity contribution is 5.84. The summed E-state index contributed by atoms with van der Waals surface area (Å²) in [5.41, 5.74) is 0. The van der Waals surface area contributed by atoms with Crippen LogP contribution in [0.3, 0.4) is 0 Å². The SMILES string of the molecule is O=C1NCCCC1N1CC(C(=O)N2CCOCC2)C1. The molecule has 3 heterocycles. The highest BCUT2D eigenvalue weighted by Crippen LogP contribution is 2.24. The number of morpholine rings is 1. The molecule has 0 bridgehead atoms. The molecule has 3 fully saturated rings. The lowest BCUT2D eigenvalue weighted by atomic mass is 9.93. The van der Waals surface area contributed by atoms with Crippen LogP contribution in [0.15, 0.2) is 0 Å². The summed E-state index contributed by atoms with van der Waals surface area (Å²) in [4.78, 5) is 28.0. The van der Waals surface area contributed by atoms with Crippen molar-refractivity contribution in [3.63, 3.8) is 0 Å². The molecule has 1 atom stereocenters. The second-order valence-corrected chi connectivity index (χ2v) is 5.54. The van der Waals surface area contributed by atoms with E-state index in [4.69, 9.17) is 4.74 Å². The van der Waals surface area contributed by atoms with Crippen molar-refractivity contribution in [1.29, 1.82) is 0 Å². The average molecular weight is 267 g/mol. The zero-order valence-electron chi connectivity index (χ0n) is 11.1. The van der Waals surface area contributed by atoms with E-state index in [9.17, 15) is 9.59 Å². The maximum Gasteiger partial charge on any atom is 0.237 e. The van der Waals surface area contributed by atoms with Gasteiger partial charge in [0.2, 0.25) is 11.8 Å². The summed E-state index contributed by atoms with van der Waals surface area (Å²) in [6.45, 7) is 4.96.